The lowest BCUT2D eigenvalue weighted by Gasteiger charge is -2.46. The van der Waals surface area contributed by atoms with E-state index in [4.69, 9.17) is 21.3 Å². The Hall–Kier alpha value is -4.22. The van der Waals surface area contributed by atoms with E-state index in [0.29, 0.717) is 25.3 Å². The van der Waals surface area contributed by atoms with Gasteiger partial charge in [0.25, 0.3) is 5.91 Å². The third-order valence-electron chi connectivity index (χ3n) is 8.37. The third kappa shape index (κ3) is 4.53. The van der Waals surface area contributed by atoms with Crippen molar-refractivity contribution in [2.75, 3.05) is 31.1 Å². The summed E-state index contributed by atoms with van der Waals surface area (Å²) in [5, 5.41) is 14.7. The molecule has 0 aliphatic carbocycles. The number of benzene rings is 1. The van der Waals surface area contributed by atoms with E-state index in [1.165, 1.54) is 18.2 Å². The minimum Gasteiger partial charge on any atom is -0.492 e. The fourth-order valence-electron chi connectivity index (χ4n) is 6.48. The smallest absolute Gasteiger partial charge is 0.270 e. The quantitative estimate of drug-likeness (QED) is 0.279. The maximum atomic E-state index is 14.4. The molecule has 4 aromatic heterocycles. The highest BCUT2D eigenvalue weighted by Gasteiger charge is 2.45. The van der Waals surface area contributed by atoms with Gasteiger partial charge >= 0.3 is 0 Å². The molecule has 10 nitrogen and oxygen atoms in total. The molecule has 0 bridgehead atoms. The zero-order chi connectivity index (χ0) is 28.8. The SMILES string of the molecule is CCOc1cc(-c2ccc(N3CCCC4(CCCN4NC(=O)c4c(F)cccc4Cl)C3)nc2)c2c3cn[nH]c3nn2c1. The van der Waals surface area contributed by atoms with Crippen LogP contribution in [-0.4, -0.2) is 67.5 Å². The Morgan fingerprint density at radius 2 is 2.05 bits per heavy atom. The second-order valence-corrected chi connectivity index (χ2v) is 11.3. The number of aromatic nitrogens is 5. The summed E-state index contributed by atoms with van der Waals surface area (Å²) in [6.45, 7) is 4.75. The number of pyridine rings is 2. The first-order chi connectivity index (χ1) is 20.5. The van der Waals surface area contributed by atoms with E-state index in [2.05, 4.69) is 31.7 Å². The number of aromatic amines is 1. The molecule has 216 valence electrons. The number of nitrogens with zero attached hydrogens (tertiary/aromatic N) is 6. The van der Waals surface area contributed by atoms with Crippen molar-refractivity contribution in [1.29, 1.82) is 0 Å². The van der Waals surface area contributed by atoms with Crippen LogP contribution in [0.2, 0.25) is 5.02 Å². The minimum absolute atomic E-state index is 0.101. The van der Waals surface area contributed by atoms with Crippen molar-refractivity contribution in [3.8, 4) is 16.9 Å². The molecule has 1 unspecified atom stereocenters. The lowest BCUT2D eigenvalue weighted by Crippen LogP contribution is -2.61. The van der Waals surface area contributed by atoms with E-state index in [9.17, 15) is 9.18 Å². The monoisotopic (exact) mass is 588 g/mol. The van der Waals surface area contributed by atoms with Gasteiger partial charge in [0.2, 0.25) is 0 Å². The molecule has 12 heteroatoms. The number of amides is 1. The van der Waals surface area contributed by atoms with Crippen molar-refractivity contribution in [3.63, 3.8) is 0 Å². The summed E-state index contributed by atoms with van der Waals surface area (Å²) in [5.74, 6) is 0.440. The number of nitrogens with one attached hydrogen (secondary N) is 2. The first-order valence-electron chi connectivity index (χ1n) is 14.2. The van der Waals surface area contributed by atoms with E-state index in [1.54, 1.807) is 6.20 Å². The highest BCUT2D eigenvalue weighted by molar-refractivity contribution is 6.33. The molecule has 0 saturated carbocycles. The summed E-state index contributed by atoms with van der Waals surface area (Å²) < 4.78 is 22.1. The molecule has 1 amide bonds. The number of halogens is 2. The van der Waals surface area contributed by atoms with Crippen LogP contribution in [0.1, 0.15) is 43.0 Å². The molecule has 42 heavy (non-hydrogen) atoms. The predicted octanol–water partition coefficient (Wildman–Crippen LogP) is 5.24. The molecule has 2 N–H and O–H groups in total. The lowest BCUT2D eigenvalue weighted by molar-refractivity contribution is 0.0464. The summed E-state index contributed by atoms with van der Waals surface area (Å²) in [6, 6.07) is 10.4. The average molecular weight is 589 g/mol. The van der Waals surface area contributed by atoms with Gasteiger partial charge in [-0.15, -0.1) is 5.10 Å². The van der Waals surface area contributed by atoms with Gasteiger partial charge in [-0.3, -0.25) is 15.3 Å². The number of carbonyl (C=O) groups excluding carboxylic acids is 1. The Morgan fingerprint density at radius 1 is 1.19 bits per heavy atom. The number of H-pyrrole nitrogens is 1. The number of rotatable bonds is 6. The van der Waals surface area contributed by atoms with Crippen molar-refractivity contribution in [3.05, 3.63) is 71.4 Å². The Labute approximate surface area is 246 Å². The Bertz CT molecular complexity index is 1770. The van der Waals surface area contributed by atoms with Crippen molar-refractivity contribution < 1.29 is 13.9 Å². The second kappa shape index (κ2) is 10.6. The summed E-state index contributed by atoms with van der Waals surface area (Å²) >= 11 is 6.17. The Balaban J connectivity index is 1.15. The number of hydrogen-bond acceptors (Lipinski definition) is 7. The van der Waals surface area contributed by atoms with Crippen LogP contribution >= 0.6 is 11.6 Å². The predicted molar refractivity (Wildman–Crippen MR) is 158 cm³/mol. The molecule has 2 saturated heterocycles. The normalized spacial score (nSPS) is 19.3. The van der Waals surface area contributed by atoms with Gasteiger partial charge in [-0.25, -0.2) is 18.9 Å². The van der Waals surface area contributed by atoms with Crippen LogP contribution in [0.3, 0.4) is 0 Å². The van der Waals surface area contributed by atoms with Crippen LogP contribution in [0.15, 0.2) is 55.0 Å². The number of fused-ring (bicyclic) bond motifs is 3. The summed E-state index contributed by atoms with van der Waals surface area (Å²) in [5.41, 5.74) is 6.12. The van der Waals surface area contributed by atoms with E-state index < -0.39 is 11.7 Å². The fraction of sp³-hybridized carbons (Fsp3) is 0.333. The fourth-order valence-corrected chi connectivity index (χ4v) is 6.73. The van der Waals surface area contributed by atoms with E-state index in [0.717, 1.165) is 65.8 Å². The molecule has 5 aromatic rings. The van der Waals surface area contributed by atoms with Crippen molar-refractivity contribution >= 4 is 39.9 Å². The molecule has 1 aromatic carbocycles. The maximum Gasteiger partial charge on any atom is 0.270 e. The van der Waals surface area contributed by atoms with E-state index >= 15 is 0 Å². The van der Waals surface area contributed by atoms with Gasteiger partial charge in [-0.05, 0) is 62.9 Å². The van der Waals surface area contributed by atoms with Crippen molar-refractivity contribution in [1.82, 2.24) is 35.2 Å². The number of piperidine rings is 1. The second-order valence-electron chi connectivity index (χ2n) is 10.9. The van der Waals surface area contributed by atoms with E-state index in [-0.39, 0.29) is 16.1 Å². The zero-order valence-corrected chi connectivity index (χ0v) is 23.9. The summed E-state index contributed by atoms with van der Waals surface area (Å²) in [6.07, 6.45) is 9.27. The average Bonchev–Trinajstić information content (AvgIpc) is 3.68. The molecule has 2 fully saturated rings. The van der Waals surface area contributed by atoms with Crippen LogP contribution in [-0.2, 0) is 0 Å². The highest BCUT2D eigenvalue weighted by Crippen LogP contribution is 2.38. The van der Waals surface area contributed by atoms with Gasteiger partial charge in [0, 0.05) is 37.0 Å². The van der Waals surface area contributed by atoms with Crippen molar-refractivity contribution in [2.24, 2.45) is 0 Å². The molecule has 1 atom stereocenters. The molecule has 0 radical (unpaired) electrons. The molecule has 2 aliphatic rings. The lowest BCUT2D eigenvalue weighted by atomic mass is 9.87. The summed E-state index contributed by atoms with van der Waals surface area (Å²) in [4.78, 5) is 20.2. The first-order valence-corrected chi connectivity index (χ1v) is 14.6. The first kappa shape index (κ1) is 26.7. The standard InChI is InChI=1S/C30H30ClFN8O2/c1-2-42-20-14-21(27-22-16-34-35-28(22)36-39(27)17-20)19-8-9-25(33-15-19)38-12-4-10-30(18-38)11-5-13-40(30)37-29(41)26-23(31)6-3-7-24(26)32/h3,6-9,14-17H,2,4-5,10-13,18H2,1H3,(H,35,36)(H,37,41). The molecular weight excluding hydrogens is 559 g/mol. The minimum atomic E-state index is -0.628. The van der Waals surface area contributed by atoms with Crippen LogP contribution in [0.25, 0.3) is 27.7 Å². The maximum absolute atomic E-state index is 14.4. The van der Waals surface area contributed by atoms with Gasteiger partial charge in [0.1, 0.15) is 17.4 Å². The number of hydrazine groups is 1. The molecular formula is C30H30ClFN8O2. The van der Waals surface area contributed by atoms with Crippen LogP contribution in [0, 0.1) is 5.82 Å². The highest BCUT2D eigenvalue weighted by atomic mass is 35.5. The van der Waals surface area contributed by atoms with Gasteiger partial charge in [0.15, 0.2) is 5.65 Å². The Kier molecular flexibility index (Phi) is 6.70. The van der Waals surface area contributed by atoms with Gasteiger partial charge in [-0.2, -0.15) is 5.10 Å². The van der Waals surface area contributed by atoms with Gasteiger partial charge in [-0.1, -0.05) is 17.7 Å². The van der Waals surface area contributed by atoms with Crippen LogP contribution < -0.4 is 15.1 Å². The zero-order valence-electron chi connectivity index (χ0n) is 23.1. The van der Waals surface area contributed by atoms with E-state index in [1.807, 2.05) is 41.0 Å². The Morgan fingerprint density at radius 3 is 2.83 bits per heavy atom. The molecule has 1 spiro atoms. The van der Waals surface area contributed by atoms with Gasteiger partial charge < -0.3 is 9.64 Å². The number of ether oxygens (including phenoxy) is 1. The number of anilines is 1. The molecule has 6 heterocycles. The van der Waals surface area contributed by atoms with Crippen molar-refractivity contribution in [2.45, 2.75) is 38.1 Å². The van der Waals surface area contributed by atoms with Crippen LogP contribution in [0.4, 0.5) is 10.2 Å². The number of hydrogen-bond donors (Lipinski definition) is 2. The van der Waals surface area contributed by atoms with Crippen LogP contribution in [0.5, 0.6) is 5.75 Å². The largest absolute Gasteiger partial charge is 0.492 e. The number of carbonyl (C=O) groups is 1. The van der Waals surface area contributed by atoms with Gasteiger partial charge in [0.05, 0.1) is 46.0 Å². The summed E-state index contributed by atoms with van der Waals surface area (Å²) in [7, 11) is 0. The third-order valence-corrected chi connectivity index (χ3v) is 8.69. The molecule has 2 aliphatic heterocycles. The topological polar surface area (TPSA) is 104 Å². The molecule has 7 rings (SSSR count).